The van der Waals surface area contributed by atoms with E-state index in [-0.39, 0.29) is 10.8 Å². The van der Waals surface area contributed by atoms with Crippen LogP contribution >= 0.6 is 11.3 Å². The van der Waals surface area contributed by atoms with Crippen LogP contribution in [0.15, 0.2) is 58.8 Å². The minimum atomic E-state index is -3.53. The van der Waals surface area contributed by atoms with Crippen LogP contribution in [0.3, 0.4) is 0 Å². The zero-order chi connectivity index (χ0) is 23.4. The van der Waals surface area contributed by atoms with Gasteiger partial charge in [0.1, 0.15) is 12.4 Å². The van der Waals surface area contributed by atoms with Crippen LogP contribution in [0.2, 0.25) is 0 Å². The van der Waals surface area contributed by atoms with Crippen LogP contribution in [0.4, 0.5) is 5.69 Å². The average Bonchev–Trinajstić information content (AvgIpc) is 3.23. The number of hydrogen-bond acceptors (Lipinski definition) is 6. The minimum absolute atomic E-state index is 0.238. The minimum Gasteiger partial charge on any atom is -0.487 e. The van der Waals surface area contributed by atoms with Gasteiger partial charge in [-0.3, -0.25) is 4.79 Å². The molecule has 1 atom stereocenters. The summed E-state index contributed by atoms with van der Waals surface area (Å²) in [5.41, 5.74) is 1.82. The van der Waals surface area contributed by atoms with Gasteiger partial charge >= 0.3 is 0 Å². The van der Waals surface area contributed by atoms with Crippen molar-refractivity contribution in [3.63, 3.8) is 0 Å². The molecule has 7 nitrogen and oxygen atoms in total. The standard InChI is InChI=1S/C24H27N3O4S2/c1-17-5-4-12-27(14-17)33(29,30)23-10-8-20(9-11-23)26-24(28)19-6-3-7-22(13-19)31-15-21-16-32-18(2)25-21/h3,6-11,13,16-17H,4-5,12,14-15H2,1-2H3,(H,26,28). The van der Waals surface area contributed by atoms with E-state index in [0.717, 1.165) is 23.5 Å². The molecule has 1 saturated heterocycles. The Morgan fingerprint density at radius 3 is 2.73 bits per heavy atom. The summed E-state index contributed by atoms with van der Waals surface area (Å²) >= 11 is 1.56. The van der Waals surface area contributed by atoms with E-state index in [1.54, 1.807) is 64.2 Å². The molecule has 0 saturated carbocycles. The van der Waals surface area contributed by atoms with Gasteiger partial charge in [0.15, 0.2) is 0 Å². The van der Waals surface area contributed by atoms with E-state index in [0.29, 0.717) is 42.6 Å². The number of nitrogens with one attached hydrogen (secondary N) is 1. The van der Waals surface area contributed by atoms with Crippen LogP contribution in [0.5, 0.6) is 5.75 Å². The number of carbonyl (C=O) groups is 1. The molecule has 2 heterocycles. The number of rotatable bonds is 7. The van der Waals surface area contributed by atoms with Crippen LogP contribution in [0.1, 0.15) is 40.8 Å². The van der Waals surface area contributed by atoms with Crippen LogP contribution in [0.25, 0.3) is 0 Å². The number of aromatic nitrogens is 1. The molecule has 1 fully saturated rings. The molecule has 33 heavy (non-hydrogen) atoms. The molecule has 0 radical (unpaired) electrons. The Labute approximate surface area is 198 Å². The molecule has 1 aliphatic heterocycles. The van der Waals surface area contributed by atoms with Crippen molar-refractivity contribution in [1.29, 1.82) is 0 Å². The zero-order valence-corrected chi connectivity index (χ0v) is 20.3. The van der Waals surface area contributed by atoms with E-state index >= 15 is 0 Å². The third-order valence-electron chi connectivity index (χ3n) is 5.52. The van der Waals surface area contributed by atoms with Gasteiger partial charge in [0.05, 0.1) is 15.6 Å². The summed E-state index contributed by atoms with van der Waals surface area (Å²) in [7, 11) is -3.53. The lowest BCUT2D eigenvalue weighted by molar-refractivity contribution is 0.102. The molecule has 3 aromatic rings. The first-order chi connectivity index (χ1) is 15.8. The van der Waals surface area contributed by atoms with E-state index < -0.39 is 10.0 Å². The Bertz CT molecular complexity index is 1220. The number of amides is 1. The van der Waals surface area contributed by atoms with Gasteiger partial charge in [-0.05, 0) is 68.1 Å². The maximum absolute atomic E-state index is 12.9. The van der Waals surface area contributed by atoms with Crippen molar-refractivity contribution in [2.45, 2.75) is 38.2 Å². The zero-order valence-electron chi connectivity index (χ0n) is 18.7. The largest absolute Gasteiger partial charge is 0.487 e. The van der Waals surface area contributed by atoms with Gasteiger partial charge in [0.2, 0.25) is 10.0 Å². The molecule has 174 valence electrons. The summed E-state index contributed by atoms with van der Waals surface area (Å²) in [5, 5.41) is 5.74. The summed E-state index contributed by atoms with van der Waals surface area (Å²) in [6.45, 7) is 5.43. The third-order valence-corrected chi connectivity index (χ3v) is 8.22. The molecule has 2 aromatic carbocycles. The van der Waals surface area contributed by atoms with Gasteiger partial charge in [-0.15, -0.1) is 11.3 Å². The smallest absolute Gasteiger partial charge is 0.255 e. The van der Waals surface area contributed by atoms with Gasteiger partial charge in [0, 0.05) is 29.7 Å². The number of carbonyl (C=O) groups excluding carboxylic acids is 1. The molecule has 9 heteroatoms. The molecule has 4 rings (SSSR count). The molecule has 1 amide bonds. The monoisotopic (exact) mass is 485 g/mol. The first-order valence-electron chi connectivity index (χ1n) is 10.9. The summed E-state index contributed by atoms with van der Waals surface area (Å²) < 4.78 is 33.1. The molecular weight excluding hydrogens is 458 g/mol. The van der Waals surface area contributed by atoms with Crippen molar-refractivity contribution in [3.05, 3.63) is 70.2 Å². The Balaban J connectivity index is 1.39. The first-order valence-corrected chi connectivity index (χ1v) is 13.2. The fourth-order valence-electron chi connectivity index (χ4n) is 3.79. The van der Waals surface area contributed by atoms with Gasteiger partial charge in [-0.2, -0.15) is 4.31 Å². The number of ether oxygens (including phenoxy) is 1. The summed E-state index contributed by atoms with van der Waals surface area (Å²) in [5.74, 6) is 0.633. The summed E-state index contributed by atoms with van der Waals surface area (Å²) in [6.07, 6.45) is 1.93. The maximum Gasteiger partial charge on any atom is 0.255 e. The second-order valence-electron chi connectivity index (χ2n) is 8.26. The number of piperidine rings is 1. The quantitative estimate of drug-likeness (QED) is 0.524. The van der Waals surface area contributed by atoms with E-state index in [1.807, 2.05) is 12.3 Å². The fourth-order valence-corrected chi connectivity index (χ4v) is 5.98. The van der Waals surface area contributed by atoms with E-state index in [4.69, 9.17) is 4.74 Å². The second-order valence-corrected chi connectivity index (χ2v) is 11.3. The fraction of sp³-hybridized carbons (Fsp3) is 0.333. The highest BCUT2D eigenvalue weighted by Gasteiger charge is 2.28. The Morgan fingerprint density at radius 2 is 2.03 bits per heavy atom. The Kier molecular flexibility index (Phi) is 7.11. The lowest BCUT2D eigenvalue weighted by Gasteiger charge is -2.30. The molecule has 1 aliphatic rings. The topological polar surface area (TPSA) is 88.6 Å². The van der Waals surface area contributed by atoms with Crippen LogP contribution in [0, 0.1) is 12.8 Å². The van der Waals surface area contributed by atoms with Crippen LogP contribution < -0.4 is 10.1 Å². The van der Waals surface area contributed by atoms with Gasteiger partial charge in [-0.25, -0.2) is 13.4 Å². The summed E-state index contributed by atoms with van der Waals surface area (Å²) in [6, 6.07) is 13.2. The lowest BCUT2D eigenvalue weighted by atomic mass is 10.0. The Morgan fingerprint density at radius 1 is 1.24 bits per heavy atom. The summed E-state index contributed by atoms with van der Waals surface area (Å²) in [4.78, 5) is 17.3. The van der Waals surface area contributed by atoms with Crippen molar-refractivity contribution < 1.29 is 17.9 Å². The molecular formula is C24H27N3O4S2. The van der Waals surface area contributed by atoms with Gasteiger partial charge in [-0.1, -0.05) is 13.0 Å². The highest BCUT2D eigenvalue weighted by molar-refractivity contribution is 7.89. The number of hydrogen-bond donors (Lipinski definition) is 1. The van der Waals surface area contributed by atoms with Crippen molar-refractivity contribution >= 4 is 33.0 Å². The molecule has 1 aromatic heterocycles. The molecule has 0 aliphatic carbocycles. The highest BCUT2D eigenvalue weighted by Crippen LogP contribution is 2.25. The lowest BCUT2D eigenvalue weighted by Crippen LogP contribution is -2.39. The van der Waals surface area contributed by atoms with Gasteiger partial charge in [0.25, 0.3) is 5.91 Å². The SMILES string of the molecule is Cc1nc(COc2cccc(C(=O)Nc3ccc(S(=O)(=O)N4CCCC(C)C4)cc3)c2)cs1. The molecule has 1 N–H and O–H groups in total. The van der Waals surface area contributed by atoms with Crippen LogP contribution in [-0.4, -0.2) is 36.7 Å². The first kappa shape index (κ1) is 23.4. The van der Waals surface area contributed by atoms with Gasteiger partial charge < -0.3 is 10.1 Å². The van der Waals surface area contributed by atoms with E-state index in [2.05, 4.69) is 17.2 Å². The van der Waals surface area contributed by atoms with Crippen LogP contribution in [-0.2, 0) is 16.6 Å². The van der Waals surface area contributed by atoms with E-state index in [9.17, 15) is 13.2 Å². The number of nitrogens with zero attached hydrogens (tertiary/aromatic N) is 2. The predicted molar refractivity (Wildman–Crippen MR) is 129 cm³/mol. The number of benzene rings is 2. The Hall–Kier alpha value is -2.75. The molecule has 1 unspecified atom stereocenters. The second kappa shape index (κ2) is 10.0. The predicted octanol–water partition coefficient (Wildman–Crippen LogP) is 4.70. The number of sulfonamides is 1. The number of aryl methyl sites for hydroxylation is 1. The highest BCUT2D eigenvalue weighted by atomic mass is 32.2. The number of thiazole rings is 1. The molecule has 0 bridgehead atoms. The van der Waals surface area contributed by atoms with Crippen molar-refractivity contribution in [1.82, 2.24) is 9.29 Å². The van der Waals surface area contributed by atoms with Crippen molar-refractivity contribution in [2.24, 2.45) is 5.92 Å². The maximum atomic E-state index is 12.9. The molecule has 0 spiro atoms. The third kappa shape index (κ3) is 5.79. The van der Waals surface area contributed by atoms with Crippen molar-refractivity contribution in [3.8, 4) is 5.75 Å². The van der Waals surface area contributed by atoms with E-state index in [1.165, 1.54) is 0 Å². The van der Waals surface area contributed by atoms with Crippen molar-refractivity contribution in [2.75, 3.05) is 18.4 Å². The number of anilines is 1. The average molecular weight is 486 g/mol. The normalized spacial score (nSPS) is 17.0.